The Morgan fingerprint density at radius 3 is 1.94 bits per heavy atom. The van der Waals surface area contributed by atoms with Crippen molar-refractivity contribution in [3.05, 3.63) is 127 Å². The minimum absolute atomic E-state index is 0.0804. The number of hydrogen-bond acceptors (Lipinski definition) is 1. The summed E-state index contributed by atoms with van der Waals surface area (Å²) in [6.45, 7) is 5.18. The molecule has 0 amide bonds. The van der Waals surface area contributed by atoms with E-state index in [0.29, 0.717) is 11.8 Å². The van der Waals surface area contributed by atoms with Gasteiger partial charge < -0.3 is 0 Å². The first-order valence-corrected chi connectivity index (χ1v) is 20.9. The van der Waals surface area contributed by atoms with Crippen LogP contribution in [0.1, 0.15) is 43.2 Å². The van der Waals surface area contributed by atoms with Crippen molar-refractivity contribution in [1.29, 1.82) is 0 Å². The summed E-state index contributed by atoms with van der Waals surface area (Å²) in [6.07, 6.45) is 8.99. The summed E-state index contributed by atoms with van der Waals surface area (Å²) in [5.74, 6) is 3.26. The van der Waals surface area contributed by atoms with E-state index in [0.717, 1.165) is 17.4 Å². The fourth-order valence-electron chi connectivity index (χ4n) is 12.0. The van der Waals surface area contributed by atoms with Gasteiger partial charge in [-0.15, -0.1) is 0 Å². The minimum atomic E-state index is -1.96. The maximum atomic E-state index is 4.96. The van der Waals surface area contributed by atoms with E-state index in [1.165, 1.54) is 70.9 Å². The highest BCUT2D eigenvalue weighted by molar-refractivity contribution is 7.04. The normalized spacial score (nSPS) is 26.8. The quantitative estimate of drug-likeness (QED) is 0.175. The summed E-state index contributed by atoms with van der Waals surface area (Å²) >= 11 is 0. The van der Waals surface area contributed by atoms with E-state index < -0.39 is 8.07 Å². The lowest BCUT2D eigenvalue weighted by atomic mass is 9.42. The van der Waals surface area contributed by atoms with Gasteiger partial charge in [0.15, 0.2) is 0 Å². The second-order valence-electron chi connectivity index (χ2n) is 15.9. The number of nitrogens with zero attached hydrogens (tertiary/aromatic N) is 1. The molecule has 1 spiro atoms. The summed E-state index contributed by atoms with van der Waals surface area (Å²) in [5, 5.41) is 4.42. The Morgan fingerprint density at radius 2 is 1.17 bits per heavy atom. The Balaban J connectivity index is 1.30. The first-order chi connectivity index (χ1) is 23.0. The van der Waals surface area contributed by atoms with E-state index in [4.69, 9.17) is 4.98 Å². The molecule has 5 aliphatic carbocycles. The average Bonchev–Trinajstić information content (AvgIpc) is 3.53. The van der Waals surface area contributed by atoms with Gasteiger partial charge in [0.05, 0.1) is 5.52 Å². The van der Waals surface area contributed by atoms with Crippen LogP contribution in [0.5, 0.6) is 0 Å². The molecule has 4 fully saturated rings. The molecule has 1 nitrogen and oxygen atoms in total. The minimum Gasteiger partial charge on any atom is -0.256 e. The Kier molecular flexibility index (Phi) is 5.24. The van der Waals surface area contributed by atoms with Crippen LogP contribution < -0.4 is 10.4 Å². The molecule has 228 valence electrons. The van der Waals surface area contributed by atoms with Crippen LogP contribution >= 0.6 is 0 Å². The van der Waals surface area contributed by atoms with Crippen molar-refractivity contribution < 1.29 is 0 Å². The van der Waals surface area contributed by atoms with E-state index in [1.54, 1.807) is 32.6 Å². The molecule has 2 heteroatoms. The average molecular weight is 622 g/mol. The Labute approximate surface area is 278 Å². The molecule has 0 N–H and O–H groups in total. The van der Waals surface area contributed by atoms with Crippen molar-refractivity contribution in [2.24, 2.45) is 23.7 Å². The highest BCUT2D eigenvalue weighted by Crippen LogP contribution is 2.71. The first-order valence-electron chi connectivity index (χ1n) is 17.9. The molecule has 0 radical (unpaired) electrons. The zero-order valence-corrected chi connectivity index (χ0v) is 28.3. The van der Waals surface area contributed by atoms with E-state index in [2.05, 4.69) is 122 Å². The molecule has 1 aromatic heterocycles. The third-order valence-electron chi connectivity index (χ3n) is 13.5. The number of fused-ring (bicyclic) bond motifs is 8. The third-order valence-corrected chi connectivity index (χ3v) is 17.0. The molecule has 4 saturated carbocycles. The fraction of sp³-hybridized carbons (Fsp3) is 0.267. The molecule has 0 unspecified atom stereocenters. The first kappa shape index (κ1) is 26.8. The van der Waals surface area contributed by atoms with Crippen molar-refractivity contribution in [3.63, 3.8) is 0 Å². The van der Waals surface area contributed by atoms with Crippen LogP contribution in [0.2, 0.25) is 13.1 Å². The largest absolute Gasteiger partial charge is 0.256 e. The van der Waals surface area contributed by atoms with E-state index in [-0.39, 0.29) is 5.41 Å². The molecule has 6 aliphatic rings. The summed E-state index contributed by atoms with van der Waals surface area (Å²) in [4.78, 5) is 4.96. The highest BCUT2D eigenvalue weighted by Gasteiger charge is 2.63. The Morgan fingerprint density at radius 1 is 0.553 bits per heavy atom. The predicted molar refractivity (Wildman–Crippen MR) is 198 cm³/mol. The number of aromatic nitrogens is 1. The maximum Gasteiger partial charge on any atom is 0.113 e. The molecule has 2 heterocycles. The van der Waals surface area contributed by atoms with Crippen LogP contribution in [0.25, 0.3) is 55.4 Å². The van der Waals surface area contributed by atoms with Gasteiger partial charge in [0.1, 0.15) is 8.07 Å². The number of para-hydroxylation sites is 1. The topological polar surface area (TPSA) is 12.9 Å². The summed E-state index contributed by atoms with van der Waals surface area (Å²) < 4.78 is 0. The van der Waals surface area contributed by atoms with Gasteiger partial charge in [0.25, 0.3) is 0 Å². The van der Waals surface area contributed by atoms with Gasteiger partial charge in [0.2, 0.25) is 0 Å². The molecule has 4 bridgehead atoms. The van der Waals surface area contributed by atoms with Crippen LogP contribution in [0.4, 0.5) is 0 Å². The highest BCUT2D eigenvalue weighted by atomic mass is 28.3. The van der Waals surface area contributed by atoms with Crippen molar-refractivity contribution in [2.75, 3.05) is 0 Å². The lowest BCUT2D eigenvalue weighted by Gasteiger charge is -2.61. The summed E-state index contributed by atoms with van der Waals surface area (Å²) in [5.41, 5.74) is 16.1. The molecular formula is C45H39NSi. The van der Waals surface area contributed by atoms with Gasteiger partial charge in [0, 0.05) is 22.6 Å². The van der Waals surface area contributed by atoms with Crippen molar-refractivity contribution in [3.8, 4) is 44.5 Å². The SMILES string of the molecule is C[Si]1(C)c2ccccc2-c2c1cc(-c1ccccc1-c1cccc3cccnc13)c1c2-c2ccccc2C12C1CC3CC(C1)CC2C3. The van der Waals surface area contributed by atoms with Crippen molar-refractivity contribution in [2.45, 2.75) is 50.6 Å². The lowest BCUT2D eigenvalue weighted by molar-refractivity contribution is -0.0397. The van der Waals surface area contributed by atoms with Crippen LogP contribution in [0.15, 0.2) is 115 Å². The number of benzene rings is 5. The molecule has 6 aromatic rings. The van der Waals surface area contributed by atoms with Gasteiger partial charge in [-0.25, -0.2) is 0 Å². The van der Waals surface area contributed by atoms with Gasteiger partial charge >= 0.3 is 0 Å². The summed E-state index contributed by atoms with van der Waals surface area (Å²) in [7, 11) is -1.96. The number of hydrogen-bond donors (Lipinski definition) is 0. The standard InChI is InChI=1S/C45H39NSi/c1-47(2)39-19-8-6-16-36(39)41-40(47)26-37(33-14-4-3-13-32(33)34-17-9-11-29-12-10-20-46-44(29)34)43-42(41)35-15-5-7-18-38(35)45(43)30-22-27-21-28(24-30)25-31(45)23-27/h3-20,26-28,30-31H,21-25H2,1-2H3. The molecule has 47 heavy (non-hydrogen) atoms. The molecule has 1 aliphatic heterocycles. The fourth-order valence-corrected chi connectivity index (χ4v) is 15.1. The van der Waals surface area contributed by atoms with E-state index >= 15 is 0 Å². The van der Waals surface area contributed by atoms with Gasteiger partial charge in [-0.2, -0.15) is 0 Å². The zero-order valence-electron chi connectivity index (χ0n) is 27.3. The van der Waals surface area contributed by atoms with Crippen LogP contribution in [0.3, 0.4) is 0 Å². The Hall–Kier alpha value is -4.27. The maximum absolute atomic E-state index is 4.96. The van der Waals surface area contributed by atoms with Gasteiger partial charge in [-0.1, -0.05) is 116 Å². The van der Waals surface area contributed by atoms with E-state index in [1.807, 2.05) is 6.20 Å². The van der Waals surface area contributed by atoms with Gasteiger partial charge in [-0.3, -0.25) is 4.98 Å². The van der Waals surface area contributed by atoms with E-state index in [9.17, 15) is 0 Å². The van der Waals surface area contributed by atoms with Crippen molar-refractivity contribution >= 4 is 29.4 Å². The third kappa shape index (κ3) is 3.28. The van der Waals surface area contributed by atoms with Crippen molar-refractivity contribution in [1.82, 2.24) is 4.98 Å². The number of pyridine rings is 1. The van der Waals surface area contributed by atoms with Crippen LogP contribution in [0, 0.1) is 23.7 Å². The summed E-state index contributed by atoms with van der Waals surface area (Å²) in [6, 6.07) is 42.2. The number of rotatable bonds is 2. The predicted octanol–water partition coefficient (Wildman–Crippen LogP) is 10.1. The second kappa shape index (κ2) is 9.20. The second-order valence-corrected chi connectivity index (χ2v) is 20.2. The molecular weight excluding hydrogens is 583 g/mol. The van der Waals surface area contributed by atoms with Gasteiger partial charge in [-0.05, 0) is 122 Å². The lowest BCUT2D eigenvalue weighted by Crippen LogP contribution is -2.55. The van der Waals surface area contributed by atoms with Crippen LogP contribution in [-0.2, 0) is 5.41 Å². The molecule has 0 atom stereocenters. The Bertz CT molecular complexity index is 2280. The monoisotopic (exact) mass is 621 g/mol. The smallest absolute Gasteiger partial charge is 0.113 e. The van der Waals surface area contributed by atoms with Crippen LogP contribution in [-0.4, -0.2) is 13.1 Å². The molecule has 0 saturated heterocycles. The molecule has 12 rings (SSSR count). The molecule has 5 aromatic carbocycles. The zero-order chi connectivity index (χ0) is 31.1.